The highest BCUT2D eigenvalue weighted by molar-refractivity contribution is 6.04. The zero-order chi connectivity index (χ0) is 21.1. The van der Waals surface area contributed by atoms with Crippen LogP contribution in [0.3, 0.4) is 0 Å². The predicted molar refractivity (Wildman–Crippen MR) is 111 cm³/mol. The summed E-state index contributed by atoms with van der Waals surface area (Å²) in [5.74, 6) is 0.973. The van der Waals surface area contributed by atoms with Crippen LogP contribution in [0.25, 0.3) is 0 Å². The Hall–Kier alpha value is -3.22. The number of carbonyl (C=O) groups is 2. The normalized spacial score (nSPS) is 16.0. The average molecular weight is 398 g/mol. The first-order valence-corrected chi connectivity index (χ1v) is 9.36. The summed E-state index contributed by atoms with van der Waals surface area (Å²) in [6.07, 6.45) is 0.148. The summed E-state index contributed by atoms with van der Waals surface area (Å²) in [5.41, 5.74) is 3.18. The zero-order valence-corrected chi connectivity index (χ0v) is 17.4. The van der Waals surface area contributed by atoms with E-state index in [1.54, 1.807) is 38.4 Å². The molecule has 1 fully saturated rings. The van der Waals surface area contributed by atoms with Crippen LogP contribution in [0.15, 0.2) is 30.3 Å². The van der Waals surface area contributed by atoms with Gasteiger partial charge in [-0.15, -0.1) is 0 Å². The van der Waals surface area contributed by atoms with Crippen molar-refractivity contribution in [2.45, 2.75) is 20.3 Å². The molecule has 0 radical (unpaired) electrons. The van der Waals surface area contributed by atoms with Crippen molar-refractivity contribution in [2.75, 3.05) is 38.1 Å². The molecule has 1 atom stereocenters. The molecule has 0 saturated carbocycles. The fourth-order valence-electron chi connectivity index (χ4n) is 3.48. The third-order valence-corrected chi connectivity index (χ3v) is 5.11. The van der Waals surface area contributed by atoms with Gasteiger partial charge in [-0.1, -0.05) is 6.07 Å². The number of nitrogens with zero attached hydrogens (tertiary/aromatic N) is 1. The fraction of sp³-hybridized carbons (Fsp3) is 0.364. The Bertz CT molecular complexity index is 941. The number of amides is 2. The monoisotopic (exact) mass is 398 g/mol. The number of ether oxygens (including phenoxy) is 3. The lowest BCUT2D eigenvalue weighted by Crippen LogP contribution is -2.28. The van der Waals surface area contributed by atoms with Gasteiger partial charge in [0.1, 0.15) is 5.75 Å². The SMILES string of the molecule is COc1cc(C)c(NC(=O)[C@H]2CC(=O)N(c3cc(C)ccc3OC)C2)cc1OC. The van der Waals surface area contributed by atoms with Crippen molar-refractivity contribution in [2.24, 2.45) is 5.92 Å². The molecule has 1 aliphatic heterocycles. The second-order valence-corrected chi connectivity index (χ2v) is 7.09. The molecular formula is C22H26N2O5. The van der Waals surface area contributed by atoms with E-state index in [-0.39, 0.29) is 18.2 Å². The van der Waals surface area contributed by atoms with Gasteiger partial charge in [-0.05, 0) is 43.2 Å². The highest BCUT2D eigenvalue weighted by Crippen LogP contribution is 2.36. The molecule has 0 bridgehead atoms. The Kier molecular flexibility index (Phi) is 5.96. The molecule has 2 aromatic rings. The van der Waals surface area contributed by atoms with Crippen LogP contribution in [-0.2, 0) is 9.59 Å². The van der Waals surface area contributed by atoms with E-state index in [0.29, 0.717) is 35.2 Å². The van der Waals surface area contributed by atoms with Crippen LogP contribution in [0.4, 0.5) is 11.4 Å². The minimum Gasteiger partial charge on any atom is -0.495 e. The maximum atomic E-state index is 12.9. The largest absolute Gasteiger partial charge is 0.495 e. The molecule has 1 heterocycles. The van der Waals surface area contributed by atoms with E-state index in [2.05, 4.69) is 5.32 Å². The van der Waals surface area contributed by atoms with Crippen LogP contribution in [0, 0.1) is 19.8 Å². The molecule has 7 nitrogen and oxygen atoms in total. The lowest BCUT2D eigenvalue weighted by atomic mass is 10.1. The van der Waals surface area contributed by atoms with Crippen LogP contribution < -0.4 is 24.4 Å². The van der Waals surface area contributed by atoms with E-state index < -0.39 is 5.92 Å². The Labute approximate surface area is 170 Å². The topological polar surface area (TPSA) is 77.1 Å². The van der Waals surface area contributed by atoms with Crippen LogP contribution in [0.5, 0.6) is 17.2 Å². The van der Waals surface area contributed by atoms with Crippen LogP contribution in [0.2, 0.25) is 0 Å². The predicted octanol–water partition coefficient (Wildman–Crippen LogP) is 3.32. The summed E-state index contributed by atoms with van der Waals surface area (Å²) in [4.78, 5) is 27.1. The first kappa shape index (κ1) is 20.5. The average Bonchev–Trinajstić information content (AvgIpc) is 3.10. The van der Waals surface area contributed by atoms with Crippen molar-refractivity contribution in [3.63, 3.8) is 0 Å². The molecule has 29 heavy (non-hydrogen) atoms. The number of carbonyl (C=O) groups excluding carboxylic acids is 2. The molecule has 0 aliphatic carbocycles. The standard InChI is InChI=1S/C22H26N2O5/c1-13-6-7-18(27-3)17(8-13)24-12-15(10-21(24)25)22(26)23-16-11-20(29-5)19(28-4)9-14(16)2/h6-9,11,15H,10,12H2,1-5H3,(H,23,26)/t15-/m0/s1. The van der Waals surface area contributed by atoms with Gasteiger partial charge in [-0.3, -0.25) is 9.59 Å². The second kappa shape index (κ2) is 8.43. The molecule has 0 aromatic heterocycles. The maximum Gasteiger partial charge on any atom is 0.229 e. The summed E-state index contributed by atoms with van der Waals surface area (Å²) in [7, 11) is 4.67. The van der Waals surface area contributed by atoms with Crippen molar-refractivity contribution in [1.82, 2.24) is 0 Å². The molecule has 1 saturated heterocycles. The number of rotatable bonds is 6. The first-order chi connectivity index (χ1) is 13.9. The van der Waals surface area contributed by atoms with Crippen molar-refractivity contribution in [3.05, 3.63) is 41.5 Å². The summed E-state index contributed by atoms with van der Waals surface area (Å²) >= 11 is 0. The van der Waals surface area contributed by atoms with E-state index in [0.717, 1.165) is 11.1 Å². The van der Waals surface area contributed by atoms with Gasteiger partial charge in [0.15, 0.2) is 11.5 Å². The van der Waals surface area contributed by atoms with Gasteiger partial charge in [0.05, 0.1) is 32.9 Å². The number of aryl methyl sites for hydroxylation is 2. The molecule has 3 rings (SSSR count). The molecular weight excluding hydrogens is 372 g/mol. The van der Waals surface area contributed by atoms with Crippen molar-refractivity contribution in [3.8, 4) is 17.2 Å². The fourth-order valence-corrected chi connectivity index (χ4v) is 3.48. The maximum absolute atomic E-state index is 12.9. The number of nitrogens with one attached hydrogen (secondary N) is 1. The molecule has 7 heteroatoms. The van der Waals surface area contributed by atoms with Crippen molar-refractivity contribution >= 4 is 23.2 Å². The van der Waals surface area contributed by atoms with Gasteiger partial charge < -0.3 is 24.4 Å². The molecule has 154 valence electrons. The third kappa shape index (κ3) is 4.13. The highest BCUT2D eigenvalue weighted by Gasteiger charge is 2.36. The van der Waals surface area contributed by atoms with Crippen LogP contribution >= 0.6 is 0 Å². The molecule has 0 spiro atoms. The summed E-state index contributed by atoms with van der Waals surface area (Å²) in [6, 6.07) is 9.18. The van der Waals surface area contributed by atoms with Gasteiger partial charge in [0.25, 0.3) is 0 Å². The van der Waals surface area contributed by atoms with E-state index in [1.807, 2.05) is 32.0 Å². The van der Waals surface area contributed by atoms with Crippen molar-refractivity contribution in [1.29, 1.82) is 0 Å². The van der Waals surface area contributed by atoms with Gasteiger partial charge in [0, 0.05) is 24.7 Å². The minimum absolute atomic E-state index is 0.0990. The Morgan fingerprint density at radius 3 is 2.31 bits per heavy atom. The van der Waals surface area contributed by atoms with E-state index in [1.165, 1.54) is 0 Å². The summed E-state index contributed by atoms with van der Waals surface area (Å²) in [5, 5.41) is 2.93. The smallest absolute Gasteiger partial charge is 0.229 e. The quantitative estimate of drug-likeness (QED) is 0.808. The zero-order valence-electron chi connectivity index (χ0n) is 17.4. The summed E-state index contributed by atoms with van der Waals surface area (Å²) < 4.78 is 16.0. The minimum atomic E-state index is -0.458. The number of anilines is 2. The molecule has 1 aliphatic rings. The molecule has 0 unspecified atom stereocenters. The van der Waals surface area contributed by atoms with Gasteiger partial charge >= 0.3 is 0 Å². The van der Waals surface area contributed by atoms with Crippen LogP contribution in [-0.4, -0.2) is 39.7 Å². The number of methoxy groups -OCH3 is 3. The number of benzene rings is 2. The van der Waals surface area contributed by atoms with E-state index >= 15 is 0 Å². The Morgan fingerprint density at radius 2 is 1.66 bits per heavy atom. The van der Waals surface area contributed by atoms with Crippen molar-refractivity contribution < 1.29 is 23.8 Å². The highest BCUT2D eigenvalue weighted by atomic mass is 16.5. The second-order valence-electron chi connectivity index (χ2n) is 7.09. The Morgan fingerprint density at radius 1 is 1.00 bits per heavy atom. The summed E-state index contributed by atoms with van der Waals surface area (Å²) in [6.45, 7) is 4.13. The van der Waals surface area contributed by atoms with Gasteiger partial charge in [0.2, 0.25) is 11.8 Å². The lowest BCUT2D eigenvalue weighted by molar-refractivity contribution is -0.122. The molecule has 2 aromatic carbocycles. The van der Waals surface area contributed by atoms with E-state index in [9.17, 15) is 9.59 Å². The van der Waals surface area contributed by atoms with E-state index in [4.69, 9.17) is 14.2 Å². The van der Waals surface area contributed by atoms with Crippen LogP contribution in [0.1, 0.15) is 17.5 Å². The van der Waals surface area contributed by atoms with Gasteiger partial charge in [-0.25, -0.2) is 0 Å². The molecule has 2 amide bonds. The Balaban J connectivity index is 1.79. The number of hydrogen-bond donors (Lipinski definition) is 1. The molecule has 1 N–H and O–H groups in total. The van der Waals surface area contributed by atoms with Gasteiger partial charge in [-0.2, -0.15) is 0 Å². The number of hydrogen-bond acceptors (Lipinski definition) is 5. The first-order valence-electron chi connectivity index (χ1n) is 9.36. The third-order valence-electron chi connectivity index (χ3n) is 5.11. The lowest BCUT2D eigenvalue weighted by Gasteiger charge is -2.20.